The second-order valence-electron chi connectivity index (χ2n) is 18.3. The molecule has 2 N–H and O–H groups in total. The monoisotopic (exact) mass is 1080 g/mol. The number of rotatable bonds is 51. The van der Waals surface area contributed by atoms with Crippen molar-refractivity contribution in [2.24, 2.45) is 0 Å². The fraction of sp³-hybridized carbons (Fsp3) is 0.578. The van der Waals surface area contributed by atoms with Crippen molar-refractivity contribution >= 4 is 25.7 Å². The Hall–Kier alpha value is -4.64. The third kappa shape index (κ3) is 54.2. The van der Waals surface area contributed by atoms with Gasteiger partial charge in [0.1, 0.15) is 12.7 Å². The van der Waals surface area contributed by atoms with Crippen LogP contribution in [0.15, 0.2) is 146 Å². The number of allylic oxidation sites excluding steroid dienone is 24. The maximum atomic E-state index is 12.9. The second-order valence-corrected chi connectivity index (χ2v) is 19.8. The van der Waals surface area contributed by atoms with Crippen molar-refractivity contribution in [2.45, 2.75) is 213 Å². The Balaban J connectivity index is 4.87. The van der Waals surface area contributed by atoms with Crippen LogP contribution in [-0.4, -0.2) is 66.5 Å². The molecule has 12 heteroatoms. The molecule has 0 amide bonds. The highest BCUT2D eigenvalue weighted by atomic mass is 31.2. The molecule has 0 aromatic rings. The summed E-state index contributed by atoms with van der Waals surface area (Å²) in [6, 6.07) is 0. The number of ether oxygens (including phenoxy) is 3. The van der Waals surface area contributed by atoms with Crippen LogP contribution >= 0.6 is 7.82 Å². The molecule has 76 heavy (non-hydrogen) atoms. The number of aliphatic hydroxyl groups excluding tert-OH is 1. The van der Waals surface area contributed by atoms with E-state index in [2.05, 4.69) is 154 Å². The zero-order valence-corrected chi connectivity index (χ0v) is 48.0. The van der Waals surface area contributed by atoms with E-state index in [0.717, 1.165) is 128 Å². The van der Waals surface area contributed by atoms with Crippen LogP contribution in [-0.2, 0) is 42.2 Å². The first-order valence-corrected chi connectivity index (χ1v) is 30.2. The van der Waals surface area contributed by atoms with Gasteiger partial charge in [0.2, 0.25) is 0 Å². The summed E-state index contributed by atoms with van der Waals surface area (Å²) in [5.74, 6) is -1.62. The van der Waals surface area contributed by atoms with E-state index >= 15 is 0 Å². The Morgan fingerprint density at radius 1 is 0.368 bits per heavy atom. The number of phosphoric ester groups is 1. The van der Waals surface area contributed by atoms with Crippen molar-refractivity contribution in [1.29, 1.82) is 0 Å². The topological polar surface area (TPSA) is 155 Å². The minimum absolute atomic E-state index is 0.0710. The van der Waals surface area contributed by atoms with Gasteiger partial charge in [-0.25, -0.2) is 4.57 Å². The normalized spacial score (nSPS) is 14.4. The van der Waals surface area contributed by atoms with Gasteiger partial charge in [-0.3, -0.25) is 23.4 Å². The molecule has 3 unspecified atom stereocenters. The standard InChI is InChI=1S/C64H101O11P/c1-4-7-10-13-16-19-22-25-28-30-33-36-39-42-45-48-51-54-63(67)74-60(56-65)58-72-76(69,70)73-59-61(57-71-62(66)53-50-47-44-41-38-35-32-27-24-21-18-15-12-9-6-3)75-64(68)55-52-49-46-43-40-37-34-31-29-26-23-20-17-14-11-8-5-2/h7-12,16-21,25-29,32,34,37-38,41,43,46,60-61,65H,4-6,13-15,22-24,30-31,33,35-36,39-40,42,44-45,47-59H2,1-3H3,(H,69,70)/b10-7-,11-8-,12-9-,19-16-,20-17-,21-18-,28-25-,29-26-,32-27-,37-34-,41-38-,46-43-. The lowest BCUT2D eigenvalue weighted by Crippen LogP contribution is -2.30. The largest absolute Gasteiger partial charge is 0.472 e. The fourth-order valence-electron chi connectivity index (χ4n) is 6.98. The molecule has 0 fully saturated rings. The molecule has 3 atom stereocenters. The molecule has 11 nitrogen and oxygen atoms in total. The molecule has 0 saturated carbocycles. The molecule has 0 bridgehead atoms. The molecule has 0 aliphatic rings. The van der Waals surface area contributed by atoms with Crippen LogP contribution in [0.4, 0.5) is 0 Å². The van der Waals surface area contributed by atoms with E-state index in [1.54, 1.807) is 0 Å². The number of phosphoric acid groups is 1. The average molecular weight is 1080 g/mol. The number of hydrogen-bond donors (Lipinski definition) is 2. The van der Waals surface area contributed by atoms with Crippen molar-refractivity contribution in [1.82, 2.24) is 0 Å². The molecule has 0 rings (SSSR count). The lowest BCUT2D eigenvalue weighted by molar-refractivity contribution is -0.161. The van der Waals surface area contributed by atoms with Crippen molar-refractivity contribution < 1.29 is 52.2 Å². The van der Waals surface area contributed by atoms with Gasteiger partial charge in [0.05, 0.1) is 19.8 Å². The van der Waals surface area contributed by atoms with Gasteiger partial charge in [0.25, 0.3) is 0 Å². The summed E-state index contributed by atoms with van der Waals surface area (Å²) in [4.78, 5) is 48.5. The van der Waals surface area contributed by atoms with Gasteiger partial charge in [-0.05, 0) is 128 Å². The molecule has 0 aromatic heterocycles. The number of esters is 3. The average Bonchev–Trinajstić information content (AvgIpc) is 3.41. The first-order valence-electron chi connectivity index (χ1n) is 28.7. The van der Waals surface area contributed by atoms with Crippen LogP contribution in [0, 0.1) is 0 Å². The SMILES string of the molecule is CC/C=C\C/C=C\C/C=C\C/C=C\C/C=C\CCCC(=O)OC(COC(=O)CCCC/C=C\C/C=C\C/C=C\C/C=C\CC)COP(=O)(O)OCC(CO)OC(=O)CCCCCCCCC/C=C\C/C=C\C/C=C\CC. The maximum absolute atomic E-state index is 12.9. The highest BCUT2D eigenvalue weighted by Gasteiger charge is 2.28. The molecular weight excluding hydrogens is 976 g/mol. The predicted molar refractivity (Wildman–Crippen MR) is 316 cm³/mol. The summed E-state index contributed by atoms with van der Waals surface area (Å²) in [6.07, 6.45) is 72.4. The van der Waals surface area contributed by atoms with E-state index < -0.39 is 57.8 Å². The van der Waals surface area contributed by atoms with Gasteiger partial charge in [0.15, 0.2) is 6.10 Å². The third-order valence-corrected chi connectivity index (χ3v) is 12.2. The van der Waals surface area contributed by atoms with Gasteiger partial charge < -0.3 is 24.2 Å². The van der Waals surface area contributed by atoms with E-state index in [9.17, 15) is 28.9 Å². The van der Waals surface area contributed by atoms with E-state index in [-0.39, 0.29) is 25.9 Å². The summed E-state index contributed by atoms with van der Waals surface area (Å²) in [6.45, 7) is 4.16. The van der Waals surface area contributed by atoms with Crippen molar-refractivity contribution in [3.05, 3.63) is 146 Å². The predicted octanol–water partition coefficient (Wildman–Crippen LogP) is 17.1. The number of aliphatic hydroxyl groups is 1. The second kappa shape index (κ2) is 56.6. The van der Waals surface area contributed by atoms with E-state index in [4.69, 9.17) is 23.3 Å². The Morgan fingerprint density at radius 3 is 1.07 bits per heavy atom. The maximum Gasteiger partial charge on any atom is 0.472 e. The number of hydrogen-bond acceptors (Lipinski definition) is 10. The fourth-order valence-corrected chi connectivity index (χ4v) is 7.77. The summed E-state index contributed by atoms with van der Waals surface area (Å²) in [5.41, 5.74) is 0. The third-order valence-electron chi connectivity index (χ3n) is 11.2. The van der Waals surface area contributed by atoms with E-state index in [0.29, 0.717) is 25.7 Å². The van der Waals surface area contributed by atoms with Crippen LogP contribution in [0.5, 0.6) is 0 Å². The zero-order valence-electron chi connectivity index (χ0n) is 47.2. The molecular formula is C64H101O11P. The van der Waals surface area contributed by atoms with Gasteiger partial charge in [-0.15, -0.1) is 0 Å². The molecule has 0 heterocycles. The molecule has 0 aromatic carbocycles. The summed E-state index contributed by atoms with van der Waals surface area (Å²) in [7, 11) is -4.79. The lowest BCUT2D eigenvalue weighted by atomic mass is 10.1. The molecule has 0 aliphatic heterocycles. The number of carbonyl (C=O) groups is 3. The van der Waals surface area contributed by atoms with Gasteiger partial charge in [-0.1, -0.05) is 199 Å². The smallest absolute Gasteiger partial charge is 0.462 e. The summed E-state index contributed by atoms with van der Waals surface area (Å²) < 4.78 is 39.4. The highest BCUT2D eigenvalue weighted by Crippen LogP contribution is 2.43. The summed E-state index contributed by atoms with van der Waals surface area (Å²) >= 11 is 0. The van der Waals surface area contributed by atoms with Crippen molar-refractivity contribution in [3.63, 3.8) is 0 Å². The molecule has 0 spiro atoms. The lowest BCUT2D eigenvalue weighted by Gasteiger charge is -2.21. The van der Waals surface area contributed by atoms with Crippen LogP contribution in [0.3, 0.4) is 0 Å². The van der Waals surface area contributed by atoms with E-state index in [1.165, 1.54) is 6.42 Å². The minimum atomic E-state index is -4.79. The Bertz CT molecular complexity index is 1830. The summed E-state index contributed by atoms with van der Waals surface area (Å²) in [5, 5.41) is 9.82. The molecule has 0 saturated heterocycles. The van der Waals surface area contributed by atoms with Crippen LogP contribution in [0.25, 0.3) is 0 Å². The first-order chi connectivity index (χ1) is 37.2. The Morgan fingerprint density at radius 2 is 0.658 bits per heavy atom. The minimum Gasteiger partial charge on any atom is -0.462 e. The van der Waals surface area contributed by atoms with Crippen LogP contribution in [0.1, 0.15) is 201 Å². The first kappa shape index (κ1) is 71.4. The van der Waals surface area contributed by atoms with Gasteiger partial charge in [0, 0.05) is 19.3 Å². The Labute approximate surface area is 461 Å². The van der Waals surface area contributed by atoms with Gasteiger partial charge >= 0.3 is 25.7 Å². The van der Waals surface area contributed by atoms with Crippen LogP contribution in [0.2, 0.25) is 0 Å². The zero-order chi connectivity index (χ0) is 55.5. The Kier molecular flexibility index (Phi) is 53.1. The van der Waals surface area contributed by atoms with Crippen LogP contribution < -0.4 is 0 Å². The molecule has 0 aliphatic carbocycles. The van der Waals surface area contributed by atoms with Crippen molar-refractivity contribution in [2.75, 3.05) is 26.4 Å². The van der Waals surface area contributed by atoms with Gasteiger partial charge in [-0.2, -0.15) is 0 Å². The number of unbranched alkanes of at least 4 members (excludes halogenated alkanes) is 10. The highest BCUT2D eigenvalue weighted by molar-refractivity contribution is 7.47. The van der Waals surface area contributed by atoms with Crippen molar-refractivity contribution in [3.8, 4) is 0 Å². The quantitative estimate of drug-likeness (QED) is 0.0197. The molecule has 428 valence electrons. The number of carbonyl (C=O) groups excluding carboxylic acids is 3. The van der Waals surface area contributed by atoms with E-state index in [1.807, 2.05) is 12.2 Å². The molecule has 0 radical (unpaired) electrons.